The second-order valence-electron chi connectivity index (χ2n) is 9.10. The number of guanidine groups is 1. The molecule has 0 spiro atoms. The lowest BCUT2D eigenvalue weighted by atomic mass is 10.1. The number of unbranched alkanes of at least 4 members (excludes halogenated alkanes) is 3. The highest BCUT2D eigenvalue weighted by Gasteiger charge is 2.14. The van der Waals surface area contributed by atoms with Gasteiger partial charge in [0.15, 0.2) is 18.6 Å². The molecule has 1 aliphatic rings. The first-order valence-corrected chi connectivity index (χ1v) is 14.0. The van der Waals surface area contributed by atoms with Crippen molar-refractivity contribution in [2.24, 2.45) is 4.99 Å². The molecule has 11 nitrogen and oxygen atoms in total. The number of benzene rings is 1. The average Bonchev–Trinajstić information content (AvgIpc) is 2.98. The first kappa shape index (κ1) is 30.9. The van der Waals surface area contributed by atoms with Crippen LogP contribution in [-0.2, 0) is 20.9 Å². The summed E-state index contributed by atoms with van der Waals surface area (Å²) in [6.45, 7) is 3.66. The van der Waals surface area contributed by atoms with Gasteiger partial charge in [-0.3, -0.25) is 10.3 Å². The Morgan fingerprint density at radius 3 is 2.52 bits per heavy atom. The first-order valence-electron chi connectivity index (χ1n) is 13.6. The van der Waals surface area contributed by atoms with Crippen molar-refractivity contribution >= 4 is 29.4 Å². The van der Waals surface area contributed by atoms with Crippen LogP contribution in [0.2, 0.25) is 5.02 Å². The van der Waals surface area contributed by atoms with Gasteiger partial charge in [0.1, 0.15) is 12.4 Å². The van der Waals surface area contributed by atoms with Gasteiger partial charge in [0, 0.05) is 23.7 Å². The molecule has 40 heavy (non-hydrogen) atoms. The second-order valence-corrected chi connectivity index (χ2v) is 9.54. The van der Waals surface area contributed by atoms with E-state index < -0.39 is 6.16 Å². The number of carbonyl (C=O) groups is 1. The van der Waals surface area contributed by atoms with Crippen molar-refractivity contribution in [2.45, 2.75) is 51.4 Å². The van der Waals surface area contributed by atoms with Gasteiger partial charge >= 0.3 is 6.16 Å². The summed E-state index contributed by atoms with van der Waals surface area (Å²) in [7, 11) is 0. The van der Waals surface area contributed by atoms with E-state index in [0.717, 1.165) is 63.1 Å². The number of piperidine rings is 1. The van der Waals surface area contributed by atoms with Crippen LogP contribution >= 0.6 is 11.6 Å². The number of ether oxygens (including phenoxy) is 4. The van der Waals surface area contributed by atoms with Crippen molar-refractivity contribution in [3.8, 4) is 11.9 Å². The molecule has 2 aromatic rings. The maximum Gasteiger partial charge on any atom is 0.513 e. The fraction of sp³-hybridized carbons (Fsp3) is 0.500. The molecular formula is C28H38ClN6O5+. The minimum absolute atomic E-state index is 0.0103. The molecule has 0 atom stereocenters. The van der Waals surface area contributed by atoms with Gasteiger partial charge in [-0.2, -0.15) is 9.83 Å². The smallest absolute Gasteiger partial charge is 0.494 e. The SMILES string of the molecule is N#CNC(=NCCCCCCOc1ccc(Cl)cc1)Nc1cc[n+](COC(=O)OCCOC2CCNCC2)cc1. The summed E-state index contributed by atoms with van der Waals surface area (Å²) in [5, 5.41) is 18.7. The standard InChI is InChI=1S/C28H37ClN6O5/c29-23-5-7-25(8-6-23)37-18-4-2-1-3-13-32-27(33-21-30)34-24-11-16-35(17-12-24)22-40-28(36)39-20-19-38-26-9-14-31-15-10-26/h5-8,11-12,16-17,26,31H,1-4,9-10,13-15,18-20,22H2,(H,32,33)/p+1. The number of aromatic nitrogens is 1. The summed E-state index contributed by atoms with van der Waals surface area (Å²) in [5.41, 5.74) is 0.731. The monoisotopic (exact) mass is 573 g/mol. The van der Waals surface area contributed by atoms with E-state index in [2.05, 4.69) is 20.9 Å². The topological polar surface area (TPSA) is 130 Å². The summed E-state index contributed by atoms with van der Waals surface area (Å²) in [6.07, 6.45) is 10.7. The van der Waals surface area contributed by atoms with E-state index in [-0.39, 0.29) is 19.4 Å². The number of aliphatic imine (C=N–C) groups is 1. The van der Waals surface area contributed by atoms with Gasteiger partial charge in [-0.05, 0) is 69.5 Å². The van der Waals surface area contributed by atoms with Crippen molar-refractivity contribution < 1.29 is 28.3 Å². The molecule has 0 amide bonds. The molecule has 1 aromatic heterocycles. The molecule has 1 aromatic carbocycles. The number of nitrogens with one attached hydrogen (secondary N) is 3. The maximum atomic E-state index is 11.8. The number of hydrogen-bond donors (Lipinski definition) is 3. The van der Waals surface area contributed by atoms with E-state index in [1.807, 2.05) is 30.5 Å². The lowest BCUT2D eigenvalue weighted by Crippen LogP contribution is -2.36. The van der Waals surface area contributed by atoms with E-state index in [0.29, 0.717) is 30.7 Å². The molecule has 0 saturated carbocycles. The number of pyridine rings is 1. The zero-order valence-corrected chi connectivity index (χ0v) is 23.4. The summed E-state index contributed by atoms with van der Waals surface area (Å²) in [4.78, 5) is 16.3. The summed E-state index contributed by atoms with van der Waals surface area (Å²) in [6, 6.07) is 10.9. The highest BCUT2D eigenvalue weighted by atomic mass is 35.5. The van der Waals surface area contributed by atoms with Gasteiger partial charge in [0.25, 0.3) is 6.73 Å². The molecule has 12 heteroatoms. The zero-order valence-electron chi connectivity index (χ0n) is 22.6. The molecule has 1 aliphatic heterocycles. The molecule has 1 fully saturated rings. The van der Waals surface area contributed by atoms with Gasteiger partial charge in [0.05, 0.1) is 25.0 Å². The molecule has 0 aliphatic carbocycles. The lowest BCUT2D eigenvalue weighted by Gasteiger charge is -2.22. The Morgan fingerprint density at radius 1 is 1.02 bits per heavy atom. The van der Waals surface area contributed by atoms with Crippen LogP contribution in [-0.4, -0.2) is 57.7 Å². The Balaban J connectivity index is 1.26. The van der Waals surface area contributed by atoms with E-state index in [9.17, 15) is 4.79 Å². The number of carbonyl (C=O) groups excluding carboxylic acids is 1. The Bertz CT molecular complexity index is 1070. The lowest BCUT2D eigenvalue weighted by molar-refractivity contribution is -0.727. The molecule has 0 radical (unpaired) electrons. The Labute approximate surface area is 240 Å². The summed E-state index contributed by atoms with van der Waals surface area (Å²) < 4.78 is 23.3. The van der Waals surface area contributed by atoms with Crippen LogP contribution in [0.3, 0.4) is 0 Å². The molecule has 0 bridgehead atoms. The van der Waals surface area contributed by atoms with Gasteiger partial charge in [-0.25, -0.2) is 4.79 Å². The predicted molar refractivity (Wildman–Crippen MR) is 151 cm³/mol. The number of anilines is 1. The number of rotatable bonds is 15. The van der Waals surface area contributed by atoms with Crippen LogP contribution in [0.15, 0.2) is 53.8 Å². The van der Waals surface area contributed by atoms with Crippen LogP contribution in [0, 0.1) is 11.5 Å². The van der Waals surface area contributed by atoms with Gasteiger partial charge in [0.2, 0.25) is 5.96 Å². The van der Waals surface area contributed by atoms with Crippen molar-refractivity contribution in [1.82, 2.24) is 10.6 Å². The van der Waals surface area contributed by atoms with Gasteiger partial charge in [-0.15, -0.1) is 0 Å². The zero-order chi connectivity index (χ0) is 28.3. The number of halogens is 1. The van der Waals surface area contributed by atoms with Crippen LogP contribution in [0.4, 0.5) is 10.5 Å². The molecule has 0 unspecified atom stereocenters. The van der Waals surface area contributed by atoms with Crippen molar-refractivity contribution in [2.75, 3.05) is 44.8 Å². The van der Waals surface area contributed by atoms with E-state index >= 15 is 0 Å². The van der Waals surface area contributed by atoms with Crippen LogP contribution < -0.4 is 25.3 Å². The fourth-order valence-corrected chi connectivity index (χ4v) is 4.00. The third-order valence-corrected chi connectivity index (χ3v) is 6.26. The van der Waals surface area contributed by atoms with Crippen LogP contribution in [0.25, 0.3) is 0 Å². The average molecular weight is 574 g/mol. The van der Waals surface area contributed by atoms with E-state index in [4.69, 9.17) is 35.8 Å². The van der Waals surface area contributed by atoms with Gasteiger partial charge in [-0.1, -0.05) is 18.0 Å². The Morgan fingerprint density at radius 2 is 1.77 bits per heavy atom. The molecular weight excluding hydrogens is 536 g/mol. The largest absolute Gasteiger partial charge is 0.513 e. The Kier molecular flexibility index (Phi) is 14.4. The highest BCUT2D eigenvalue weighted by molar-refractivity contribution is 6.30. The molecule has 1 saturated heterocycles. The Hall–Kier alpha value is -3.59. The number of nitriles is 1. The number of nitrogens with zero attached hydrogens (tertiary/aromatic N) is 3. The summed E-state index contributed by atoms with van der Waals surface area (Å²) in [5.74, 6) is 1.19. The van der Waals surface area contributed by atoms with Crippen LogP contribution in [0.1, 0.15) is 38.5 Å². The second kappa shape index (κ2) is 18.7. The molecule has 216 valence electrons. The van der Waals surface area contributed by atoms with Crippen molar-refractivity contribution in [3.05, 3.63) is 53.8 Å². The highest BCUT2D eigenvalue weighted by Crippen LogP contribution is 2.16. The molecule has 3 rings (SSSR count). The summed E-state index contributed by atoms with van der Waals surface area (Å²) >= 11 is 5.88. The molecule has 2 heterocycles. The minimum Gasteiger partial charge on any atom is -0.494 e. The van der Waals surface area contributed by atoms with Crippen molar-refractivity contribution in [3.63, 3.8) is 0 Å². The normalized spacial score (nSPS) is 13.8. The van der Waals surface area contributed by atoms with Gasteiger partial charge < -0.3 is 29.6 Å². The number of hydrogen-bond acceptors (Lipinski definition) is 8. The maximum absolute atomic E-state index is 11.8. The van der Waals surface area contributed by atoms with E-state index in [1.165, 1.54) is 0 Å². The van der Waals surface area contributed by atoms with E-state index in [1.54, 1.807) is 29.1 Å². The third kappa shape index (κ3) is 13.0. The molecule has 3 N–H and O–H groups in total. The minimum atomic E-state index is -0.745. The quantitative estimate of drug-likeness (QED) is 0.0550. The third-order valence-electron chi connectivity index (χ3n) is 6.01. The predicted octanol–water partition coefficient (Wildman–Crippen LogP) is 3.98. The first-order chi connectivity index (χ1) is 19.6. The van der Waals surface area contributed by atoms with Crippen molar-refractivity contribution in [1.29, 1.82) is 5.26 Å². The van der Waals surface area contributed by atoms with Crippen LogP contribution in [0.5, 0.6) is 5.75 Å². The fourth-order valence-electron chi connectivity index (χ4n) is 3.88.